The number of fused-ring (bicyclic) bond motifs is 1. The molecule has 1 aromatic heterocycles. The van der Waals surface area contributed by atoms with Gasteiger partial charge >= 0.3 is 6.01 Å². The molecule has 1 aliphatic rings. The van der Waals surface area contributed by atoms with E-state index in [1.807, 2.05) is 32.0 Å². The maximum atomic E-state index is 12.3. The average Bonchev–Trinajstić information content (AvgIpc) is 3.23. The quantitative estimate of drug-likeness (QED) is 0.671. The molecular formula is C21H18N4O4. The lowest BCUT2D eigenvalue weighted by molar-refractivity contribution is -0.116. The Balaban J connectivity index is 1.39. The van der Waals surface area contributed by atoms with Crippen molar-refractivity contribution in [2.75, 3.05) is 11.9 Å². The van der Waals surface area contributed by atoms with Gasteiger partial charge < -0.3 is 4.42 Å². The van der Waals surface area contributed by atoms with Crippen molar-refractivity contribution in [2.24, 2.45) is 0 Å². The number of aromatic nitrogens is 2. The number of nitrogens with one attached hydrogen (secondary N) is 1. The first-order valence-electron chi connectivity index (χ1n) is 9.06. The largest absolute Gasteiger partial charge is 0.407 e. The number of aryl methyl sites for hydroxylation is 2. The molecule has 29 heavy (non-hydrogen) atoms. The van der Waals surface area contributed by atoms with Crippen molar-refractivity contribution in [3.05, 3.63) is 76.2 Å². The zero-order valence-corrected chi connectivity index (χ0v) is 15.9. The minimum Gasteiger partial charge on any atom is -0.407 e. The van der Waals surface area contributed by atoms with Gasteiger partial charge in [-0.1, -0.05) is 35.4 Å². The normalized spacial score (nSPS) is 13.0. The Morgan fingerprint density at radius 3 is 2.34 bits per heavy atom. The summed E-state index contributed by atoms with van der Waals surface area (Å²) in [4.78, 5) is 37.8. The van der Waals surface area contributed by atoms with Crippen LogP contribution in [0.3, 0.4) is 0 Å². The second-order valence-corrected chi connectivity index (χ2v) is 6.89. The molecule has 0 atom stereocenters. The van der Waals surface area contributed by atoms with Gasteiger partial charge in [-0.2, -0.15) is 0 Å². The van der Waals surface area contributed by atoms with Gasteiger partial charge in [-0.05, 0) is 42.7 Å². The molecular weight excluding hydrogens is 372 g/mol. The zero-order valence-electron chi connectivity index (χ0n) is 15.9. The summed E-state index contributed by atoms with van der Waals surface area (Å²) in [5.74, 6) is -1.24. The summed E-state index contributed by atoms with van der Waals surface area (Å²) in [5, 5.41) is 10.2. The number of amides is 3. The van der Waals surface area contributed by atoms with Crippen molar-refractivity contribution in [1.29, 1.82) is 0 Å². The van der Waals surface area contributed by atoms with Crippen LogP contribution in [0.5, 0.6) is 0 Å². The molecule has 0 aliphatic carbocycles. The van der Waals surface area contributed by atoms with Gasteiger partial charge in [-0.3, -0.25) is 24.6 Å². The van der Waals surface area contributed by atoms with E-state index in [4.69, 9.17) is 4.42 Å². The first kappa shape index (κ1) is 18.5. The molecule has 0 fully saturated rings. The van der Waals surface area contributed by atoms with E-state index in [0.29, 0.717) is 23.4 Å². The van der Waals surface area contributed by atoms with Crippen LogP contribution in [-0.4, -0.2) is 39.4 Å². The van der Waals surface area contributed by atoms with Crippen LogP contribution in [0, 0.1) is 13.8 Å². The Hall–Kier alpha value is -3.81. The molecule has 2 aromatic carbocycles. The van der Waals surface area contributed by atoms with E-state index >= 15 is 0 Å². The van der Waals surface area contributed by atoms with Crippen LogP contribution in [0.25, 0.3) is 0 Å². The average molecular weight is 390 g/mol. The van der Waals surface area contributed by atoms with Crippen LogP contribution in [0.2, 0.25) is 0 Å². The third-order valence-electron chi connectivity index (χ3n) is 4.82. The summed E-state index contributed by atoms with van der Waals surface area (Å²) in [6, 6.07) is 12.4. The number of hydrogen-bond acceptors (Lipinski definition) is 6. The molecule has 0 unspecified atom stereocenters. The Bertz CT molecular complexity index is 1100. The number of nitrogens with zero attached hydrogens (tertiary/aromatic N) is 3. The van der Waals surface area contributed by atoms with Gasteiger partial charge in [0.2, 0.25) is 11.8 Å². The number of anilines is 1. The fourth-order valence-electron chi connectivity index (χ4n) is 3.15. The molecule has 1 aliphatic heterocycles. The van der Waals surface area contributed by atoms with E-state index in [-0.39, 0.29) is 6.01 Å². The van der Waals surface area contributed by atoms with Crippen LogP contribution in [-0.2, 0) is 11.2 Å². The van der Waals surface area contributed by atoms with E-state index in [2.05, 4.69) is 15.5 Å². The Morgan fingerprint density at radius 1 is 1.00 bits per heavy atom. The lowest BCUT2D eigenvalue weighted by Crippen LogP contribution is -2.37. The number of benzene rings is 2. The molecule has 8 nitrogen and oxygen atoms in total. The van der Waals surface area contributed by atoms with Crippen LogP contribution in [0.1, 0.15) is 43.3 Å². The predicted octanol–water partition coefficient (Wildman–Crippen LogP) is 2.51. The molecule has 0 saturated carbocycles. The molecule has 4 rings (SSSR count). The fraction of sp³-hybridized carbons (Fsp3) is 0.190. The summed E-state index contributed by atoms with van der Waals surface area (Å²) in [6.07, 6.45) is 0.433. The molecule has 2 heterocycles. The number of hydrogen-bond donors (Lipinski definition) is 1. The van der Waals surface area contributed by atoms with Crippen molar-refractivity contribution >= 4 is 23.7 Å². The van der Waals surface area contributed by atoms with Crippen LogP contribution in [0.4, 0.5) is 6.01 Å². The zero-order chi connectivity index (χ0) is 20.5. The van der Waals surface area contributed by atoms with Crippen molar-refractivity contribution in [3.63, 3.8) is 0 Å². The van der Waals surface area contributed by atoms with Crippen LogP contribution < -0.4 is 5.32 Å². The Labute approximate surface area is 166 Å². The molecule has 146 valence electrons. The standard InChI is InChI=1S/C21H18N4O4/c1-12-7-8-14(9-13(12)2)10-18-23-24-21(29-18)22-17(26)11-25-19(27)15-5-3-4-6-16(15)20(25)28/h3-9H,10-11H2,1-2H3,(H,22,24,26). The van der Waals surface area contributed by atoms with Gasteiger partial charge in [-0.25, -0.2) is 0 Å². The summed E-state index contributed by atoms with van der Waals surface area (Å²) in [7, 11) is 0. The van der Waals surface area contributed by atoms with Gasteiger partial charge in [-0.15, -0.1) is 5.10 Å². The van der Waals surface area contributed by atoms with Crippen molar-refractivity contribution in [3.8, 4) is 0 Å². The predicted molar refractivity (Wildman–Crippen MR) is 103 cm³/mol. The minimum absolute atomic E-state index is 0.0783. The third kappa shape index (κ3) is 3.64. The molecule has 0 radical (unpaired) electrons. The number of rotatable bonds is 5. The fourth-order valence-corrected chi connectivity index (χ4v) is 3.15. The molecule has 1 N–H and O–H groups in total. The lowest BCUT2D eigenvalue weighted by atomic mass is 10.0. The molecule has 0 bridgehead atoms. The summed E-state index contributed by atoms with van der Waals surface area (Å²) in [5.41, 5.74) is 3.95. The Morgan fingerprint density at radius 2 is 1.69 bits per heavy atom. The summed E-state index contributed by atoms with van der Waals surface area (Å²) < 4.78 is 5.47. The molecule has 0 spiro atoms. The SMILES string of the molecule is Cc1ccc(Cc2nnc(NC(=O)CN3C(=O)c4ccccc4C3=O)o2)cc1C. The van der Waals surface area contributed by atoms with E-state index in [9.17, 15) is 14.4 Å². The van der Waals surface area contributed by atoms with Crippen molar-refractivity contribution in [1.82, 2.24) is 15.1 Å². The van der Waals surface area contributed by atoms with Crippen LogP contribution >= 0.6 is 0 Å². The monoisotopic (exact) mass is 390 g/mol. The number of carbonyl (C=O) groups excluding carboxylic acids is 3. The highest BCUT2D eigenvalue weighted by atomic mass is 16.4. The topological polar surface area (TPSA) is 105 Å². The van der Waals surface area contributed by atoms with Crippen molar-refractivity contribution in [2.45, 2.75) is 20.3 Å². The highest BCUT2D eigenvalue weighted by Gasteiger charge is 2.36. The molecule has 0 saturated heterocycles. The van der Waals surface area contributed by atoms with Gasteiger partial charge in [0.05, 0.1) is 17.5 Å². The van der Waals surface area contributed by atoms with Gasteiger partial charge in [0.15, 0.2) is 0 Å². The van der Waals surface area contributed by atoms with Crippen molar-refractivity contribution < 1.29 is 18.8 Å². The molecule has 3 aromatic rings. The van der Waals surface area contributed by atoms with E-state index in [0.717, 1.165) is 16.0 Å². The maximum Gasteiger partial charge on any atom is 0.322 e. The van der Waals surface area contributed by atoms with E-state index < -0.39 is 24.3 Å². The highest BCUT2D eigenvalue weighted by molar-refractivity contribution is 6.22. The smallest absolute Gasteiger partial charge is 0.322 e. The lowest BCUT2D eigenvalue weighted by Gasteiger charge is -2.12. The second kappa shape index (κ2) is 7.31. The summed E-state index contributed by atoms with van der Waals surface area (Å²) >= 11 is 0. The molecule has 3 amide bonds. The number of carbonyl (C=O) groups is 3. The minimum atomic E-state index is -0.596. The highest BCUT2D eigenvalue weighted by Crippen LogP contribution is 2.22. The maximum absolute atomic E-state index is 12.3. The number of imide groups is 1. The van der Waals surface area contributed by atoms with E-state index in [1.54, 1.807) is 24.3 Å². The van der Waals surface area contributed by atoms with Gasteiger partial charge in [0, 0.05) is 0 Å². The molecule has 8 heteroatoms. The van der Waals surface area contributed by atoms with Gasteiger partial charge in [0.1, 0.15) is 6.54 Å². The van der Waals surface area contributed by atoms with Gasteiger partial charge in [0.25, 0.3) is 11.8 Å². The van der Waals surface area contributed by atoms with E-state index in [1.165, 1.54) is 5.56 Å². The van der Waals surface area contributed by atoms with Crippen LogP contribution in [0.15, 0.2) is 46.9 Å². The third-order valence-corrected chi connectivity index (χ3v) is 4.82. The first-order valence-corrected chi connectivity index (χ1v) is 9.06. The first-order chi connectivity index (χ1) is 13.9. The Kier molecular flexibility index (Phi) is 4.67. The second-order valence-electron chi connectivity index (χ2n) is 6.89. The summed E-state index contributed by atoms with van der Waals surface area (Å²) in [6.45, 7) is 3.63.